The lowest BCUT2D eigenvalue weighted by atomic mass is 10.00. The average molecular weight is 290 g/mol. The maximum absolute atomic E-state index is 12.1. The van der Waals surface area contributed by atoms with E-state index in [2.05, 4.69) is 18.7 Å². The first-order valence-corrected chi connectivity index (χ1v) is 7.96. The second-order valence-corrected chi connectivity index (χ2v) is 6.04. The van der Waals surface area contributed by atoms with E-state index in [1.54, 1.807) is 0 Å². The van der Waals surface area contributed by atoms with Gasteiger partial charge in [0.15, 0.2) is 0 Å². The van der Waals surface area contributed by atoms with Gasteiger partial charge in [-0.3, -0.25) is 9.88 Å². The molecule has 0 saturated carbocycles. The number of carbonyl (C=O) groups excluding carboxylic acids is 1. The van der Waals surface area contributed by atoms with Crippen LogP contribution in [0.5, 0.6) is 0 Å². The van der Waals surface area contributed by atoms with Gasteiger partial charge in [-0.1, -0.05) is 20.8 Å². The maximum Gasteiger partial charge on any atom is 0.339 e. The van der Waals surface area contributed by atoms with E-state index in [4.69, 9.17) is 9.72 Å². The lowest BCUT2D eigenvalue weighted by molar-refractivity contribution is 0.0524. The summed E-state index contributed by atoms with van der Waals surface area (Å²) < 4.78 is 5.16. The predicted octanol–water partition coefficient (Wildman–Crippen LogP) is 2.83. The van der Waals surface area contributed by atoms with E-state index in [-0.39, 0.29) is 5.97 Å². The topological polar surface area (TPSA) is 42.4 Å². The van der Waals surface area contributed by atoms with Gasteiger partial charge >= 0.3 is 5.97 Å². The molecule has 0 N–H and O–H groups in total. The third-order valence-electron chi connectivity index (χ3n) is 3.78. The van der Waals surface area contributed by atoms with Gasteiger partial charge in [-0.15, -0.1) is 0 Å². The van der Waals surface area contributed by atoms with E-state index < -0.39 is 0 Å². The molecule has 4 heteroatoms. The van der Waals surface area contributed by atoms with Crippen LogP contribution in [0.2, 0.25) is 0 Å². The molecule has 2 heterocycles. The molecule has 0 radical (unpaired) electrons. The molecule has 0 bridgehead atoms. The summed E-state index contributed by atoms with van der Waals surface area (Å²) in [5.74, 6) is 0.407. The fourth-order valence-electron chi connectivity index (χ4n) is 2.90. The minimum Gasteiger partial charge on any atom is -0.462 e. The molecule has 1 aliphatic heterocycles. The fraction of sp³-hybridized carbons (Fsp3) is 0.647. The van der Waals surface area contributed by atoms with Gasteiger partial charge in [0.25, 0.3) is 0 Å². The van der Waals surface area contributed by atoms with E-state index in [0.717, 1.165) is 43.9 Å². The van der Waals surface area contributed by atoms with Crippen molar-refractivity contribution in [2.45, 2.75) is 47.1 Å². The van der Waals surface area contributed by atoms with Crippen molar-refractivity contribution in [3.05, 3.63) is 28.6 Å². The number of aryl methyl sites for hydroxylation is 1. The molecule has 0 spiro atoms. The summed E-state index contributed by atoms with van der Waals surface area (Å²) >= 11 is 0. The zero-order valence-electron chi connectivity index (χ0n) is 13.6. The first-order valence-electron chi connectivity index (χ1n) is 7.96. The minimum atomic E-state index is -0.245. The summed E-state index contributed by atoms with van der Waals surface area (Å²) in [6, 6.07) is 2.01. The van der Waals surface area contributed by atoms with Crippen molar-refractivity contribution in [2.24, 2.45) is 5.92 Å². The Morgan fingerprint density at radius 2 is 2.19 bits per heavy atom. The number of aromatic nitrogens is 1. The summed E-state index contributed by atoms with van der Waals surface area (Å²) in [4.78, 5) is 19.3. The van der Waals surface area contributed by atoms with Gasteiger partial charge in [-0.05, 0) is 30.9 Å². The molecule has 0 aliphatic carbocycles. The first-order chi connectivity index (χ1) is 10.0. The van der Waals surface area contributed by atoms with E-state index in [0.29, 0.717) is 18.1 Å². The Kier molecular flexibility index (Phi) is 5.34. The van der Waals surface area contributed by atoms with Crippen molar-refractivity contribution in [1.82, 2.24) is 9.88 Å². The SMILES string of the molecule is CCOC(=O)c1cc2c(nc1CC)CCN(CC(C)C)C2. The molecule has 4 nitrogen and oxygen atoms in total. The van der Waals surface area contributed by atoms with E-state index >= 15 is 0 Å². The van der Waals surface area contributed by atoms with Crippen molar-refractivity contribution in [2.75, 3.05) is 19.7 Å². The molecule has 0 saturated heterocycles. The number of hydrogen-bond donors (Lipinski definition) is 0. The zero-order valence-corrected chi connectivity index (χ0v) is 13.6. The molecule has 0 unspecified atom stereocenters. The van der Waals surface area contributed by atoms with Crippen molar-refractivity contribution >= 4 is 5.97 Å². The Bertz CT molecular complexity index is 512. The van der Waals surface area contributed by atoms with Gasteiger partial charge in [0.05, 0.1) is 17.9 Å². The van der Waals surface area contributed by atoms with Gasteiger partial charge in [0, 0.05) is 31.7 Å². The second-order valence-electron chi connectivity index (χ2n) is 6.04. The number of rotatable bonds is 5. The first kappa shape index (κ1) is 16.0. The number of ether oxygens (including phenoxy) is 1. The highest BCUT2D eigenvalue weighted by Gasteiger charge is 2.22. The molecular weight excluding hydrogens is 264 g/mol. The van der Waals surface area contributed by atoms with Crippen molar-refractivity contribution in [3.63, 3.8) is 0 Å². The Morgan fingerprint density at radius 1 is 1.43 bits per heavy atom. The Hall–Kier alpha value is -1.42. The molecule has 116 valence electrons. The molecule has 0 fully saturated rings. The van der Waals surface area contributed by atoms with Gasteiger partial charge in [-0.2, -0.15) is 0 Å². The van der Waals surface area contributed by atoms with Crippen molar-refractivity contribution in [3.8, 4) is 0 Å². The highest BCUT2D eigenvalue weighted by molar-refractivity contribution is 5.90. The number of fused-ring (bicyclic) bond motifs is 1. The lowest BCUT2D eigenvalue weighted by Gasteiger charge is -2.30. The summed E-state index contributed by atoms with van der Waals surface area (Å²) in [6.45, 7) is 11.8. The Balaban J connectivity index is 2.27. The quantitative estimate of drug-likeness (QED) is 0.782. The smallest absolute Gasteiger partial charge is 0.339 e. The van der Waals surface area contributed by atoms with Crippen LogP contribution in [0.3, 0.4) is 0 Å². The second kappa shape index (κ2) is 7.03. The lowest BCUT2D eigenvalue weighted by Crippen LogP contribution is -2.34. The molecule has 1 aromatic rings. The Morgan fingerprint density at radius 3 is 2.81 bits per heavy atom. The van der Waals surface area contributed by atoms with E-state index in [9.17, 15) is 4.79 Å². The largest absolute Gasteiger partial charge is 0.462 e. The van der Waals surface area contributed by atoms with Crippen LogP contribution in [0.4, 0.5) is 0 Å². The predicted molar refractivity (Wildman–Crippen MR) is 83.4 cm³/mol. The Labute approximate surface area is 127 Å². The molecular formula is C17H26N2O2. The number of pyridine rings is 1. The van der Waals surface area contributed by atoms with Crippen molar-refractivity contribution < 1.29 is 9.53 Å². The monoisotopic (exact) mass is 290 g/mol. The molecule has 21 heavy (non-hydrogen) atoms. The summed E-state index contributed by atoms with van der Waals surface area (Å²) in [6.07, 6.45) is 1.73. The fourth-order valence-corrected chi connectivity index (χ4v) is 2.90. The van der Waals surface area contributed by atoms with Gasteiger partial charge in [-0.25, -0.2) is 4.79 Å². The number of nitrogens with zero attached hydrogens (tertiary/aromatic N) is 2. The molecule has 0 aromatic carbocycles. The minimum absolute atomic E-state index is 0.245. The van der Waals surface area contributed by atoms with Crippen molar-refractivity contribution in [1.29, 1.82) is 0 Å². The van der Waals surface area contributed by atoms with Crippen LogP contribution >= 0.6 is 0 Å². The summed E-state index contributed by atoms with van der Waals surface area (Å²) in [5, 5.41) is 0. The van der Waals surface area contributed by atoms with Crippen LogP contribution in [0.1, 0.15) is 55.0 Å². The maximum atomic E-state index is 12.1. The summed E-state index contributed by atoms with van der Waals surface area (Å²) in [5.41, 5.74) is 3.84. The van der Waals surface area contributed by atoms with Gasteiger partial charge in [0.2, 0.25) is 0 Å². The molecule has 1 aromatic heterocycles. The molecule has 0 atom stereocenters. The highest BCUT2D eigenvalue weighted by Crippen LogP contribution is 2.22. The summed E-state index contributed by atoms with van der Waals surface area (Å²) in [7, 11) is 0. The highest BCUT2D eigenvalue weighted by atomic mass is 16.5. The normalized spacial score (nSPS) is 15.1. The van der Waals surface area contributed by atoms with Crippen LogP contribution in [0.15, 0.2) is 6.07 Å². The van der Waals surface area contributed by atoms with Gasteiger partial charge < -0.3 is 4.74 Å². The third kappa shape index (κ3) is 3.82. The molecule has 0 amide bonds. The van der Waals surface area contributed by atoms with Crippen LogP contribution in [0, 0.1) is 5.92 Å². The zero-order chi connectivity index (χ0) is 15.4. The van der Waals surface area contributed by atoms with Crippen LogP contribution in [-0.2, 0) is 24.1 Å². The van der Waals surface area contributed by atoms with E-state index in [1.165, 1.54) is 5.56 Å². The van der Waals surface area contributed by atoms with E-state index in [1.807, 2.05) is 19.9 Å². The molecule has 2 rings (SSSR count). The number of hydrogen-bond acceptors (Lipinski definition) is 4. The molecule has 1 aliphatic rings. The average Bonchev–Trinajstić information content (AvgIpc) is 2.45. The van der Waals surface area contributed by atoms with Crippen LogP contribution < -0.4 is 0 Å². The van der Waals surface area contributed by atoms with Gasteiger partial charge in [0.1, 0.15) is 0 Å². The number of esters is 1. The van der Waals surface area contributed by atoms with Crippen LogP contribution in [0.25, 0.3) is 0 Å². The van der Waals surface area contributed by atoms with Crippen LogP contribution in [-0.4, -0.2) is 35.5 Å². The number of carbonyl (C=O) groups is 1. The standard InChI is InChI=1S/C17H26N2O2/c1-5-15-14(17(20)21-6-2)9-13-11-19(10-12(3)4)8-7-16(13)18-15/h9,12H,5-8,10-11H2,1-4H3. The third-order valence-corrected chi connectivity index (χ3v) is 3.78.